The predicted molar refractivity (Wildman–Crippen MR) is 78.4 cm³/mol. The Labute approximate surface area is 119 Å². The lowest BCUT2D eigenvalue weighted by atomic mass is 9.89. The van der Waals surface area contributed by atoms with E-state index >= 15 is 0 Å². The van der Waals surface area contributed by atoms with E-state index in [4.69, 9.17) is 5.73 Å². The molecule has 0 radical (unpaired) electrons. The molecule has 0 atom stereocenters. The number of nitrogens with two attached hydrogens (primary N) is 1. The quantitative estimate of drug-likeness (QED) is 0.833. The molecule has 0 bridgehead atoms. The van der Waals surface area contributed by atoms with Gasteiger partial charge in [-0.05, 0) is 25.8 Å². The summed E-state index contributed by atoms with van der Waals surface area (Å²) in [6.45, 7) is 1.92. The number of carbonyl (C=O) groups excluding carboxylic acids is 2. The van der Waals surface area contributed by atoms with E-state index in [9.17, 15) is 9.59 Å². The number of likely N-dealkylation sites (tertiary alicyclic amines) is 1. The van der Waals surface area contributed by atoms with Gasteiger partial charge in [0.2, 0.25) is 5.91 Å². The zero-order chi connectivity index (χ0) is 14.4. The van der Waals surface area contributed by atoms with Crippen LogP contribution in [-0.2, 0) is 4.79 Å². The van der Waals surface area contributed by atoms with Crippen molar-refractivity contribution in [3.05, 3.63) is 35.9 Å². The van der Waals surface area contributed by atoms with Crippen molar-refractivity contribution in [2.45, 2.75) is 25.7 Å². The first-order chi connectivity index (χ1) is 9.72. The molecule has 0 spiro atoms. The van der Waals surface area contributed by atoms with Gasteiger partial charge in [0.1, 0.15) is 0 Å². The van der Waals surface area contributed by atoms with Crippen molar-refractivity contribution in [1.82, 2.24) is 4.90 Å². The first-order valence-corrected chi connectivity index (χ1v) is 7.29. The number of piperidine rings is 1. The van der Waals surface area contributed by atoms with Gasteiger partial charge in [-0.1, -0.05) is 30.3 Å². The van der Waals surface area contributed by atoms with E-state index in [1.807, 2.05) is 35.2 Å². The smallest absolute Gasteiger partial charge is 0.222 e. The summed E-state index contributed by atoms with van der Waals surface area (Å²) in [6.07, 6.45) is 2.79. The minimum Gasteiger partial charge on any atom is -0.343 e. The maximum Gasteiger partial charge on any atom is 0.222 e. The van der Waals surface area contributed by atoms with Gasteiger partial charge in [-0.25, -0.2) is 0 Å². The number of nitrogens with zero attached hydrogens (tertiary/aromatic N) is 1. The second-order valence-corrected chi connectivity index (χ2v) is 5.28. The molecule has 0 aliphatic carbocycles. The molecular weight excluding hydrogens is 252 g/mol. The number of carbonyl (C=O) groups is 2. The van der Waals surface area contributed by atoms with Gasteiger partial charge in [-0.2, -0.15) is 0 Å². The zero-order valence-corrected chi connectivity index (χ0v) is 11.8. The average molecular weight is 274 g/mol. The fourth-order valence-electron chi connectivity index (χ4n) is 2.64. The van der Waals surface area contributed by atoms with Crippen molar-refractivity contribution in [2.75, 3.05) is 19.6 Å². The monoisotopic (exact) mass is 274 g/mol. The fourth-order valence-corrected chi connectivity index (χ4v) is 2.64. The highest BCUT2D eigenvalue weighted by molar-refractivity contribution is 5.98. The molecule has 1 aromatic carbocycles. The number of amides is 1. The predicted octanol–water partition coefficient (Wildman–Crippen LogP) is 1.85. The number of hydrogen-bond donors (Lipinski definition) is 1. The van der Waals surface area contributed by atoms with E-state index in [0.717, 1.165) is 24.8 Å². The van der Waals surface area contributed by atoms with Crippen LogP contribution in [0.15, 0.2) is 30.3 Å². The third kappa shape index (κ3) is 3.67. The SMILES string of the molecule is NCCCC(=O)N1CCC(C(=O)c2ccccc2)CC1. The Bertz CT molecular complexity index is 451. The molecular formula is C16H22N2O2. The van der Waals surface area contributed by atoms with Crippen LogP contribution in [0.1, 0.15) is 36.0 Å². The molecule has 1 aliphatic heterocycles. The Hall–Kier alpha value is -1.68. The number of Topliss-reactive ketones (excluding diaryl/α,β-unsaturated/α-hetero) is 1. The molecule has 0 aromatic heterocycles. The molecule has 2 N–H and O–H groups in total. The van der Waals surface area contributed by atoms with Crippen LogP contribution in [-0.4, -0.2) is 36.2 Å². The number of hydrogen-bond acceptors (Lipinski definition) is 3. The van der Waals surface area contributed by atoms with Crippen LogP contribution in [0.2, 0.25) is 0 Å². The molecule has 0 unspecified atom stereocenters. The maximum absolute atomic E-state index is 12.3. The first-order valence-electron chi connectivity index (χ1n) is 7.29. The summed E-state index contributed by atoms with van der Waals surface area (Å²) in [6, 6.07) is 9.41. The van der Waals surface area contributed by atoms with E-state index in [-0.39, 0.29) is 17.6 Å². The topological polar surface area (TPSA) is 63.4 Å². The summed E-state index contributed by atoms with van der Waals surface area (Å²) in [5.41, 5.74) is 6.20. The van der Waals surface area contributed by atoms with E-state index in [2.05, 4.69) is 0 Å². The molecule has 1 saturated heterocycles. The summed E-state index contributed by atoms with van der Waals surface area (Å²) in [4.78, 5) is 26.1. The molecule has 1 amide bonds. The number of rotatable bonds is 5. The maximum atomic E-state index is 12.3. The minimum atomic E-state index is 0.0518. The summed E-state index contributed by atoms with van der Waals surface area (Å²) in [7, 11) is 0. The molecule has 1 heterocycles. The largest absolute Gasteiger partial charge is 0.343 e. The van der Waals surface area contributed by atoms with Crippen molar-refractivity contribution < 1.29 is 9.59 Å². The first kappa shape index (κ1) is 14.7. The molecule has 4 heteroatoms. The number of benzene rings is 1. The Morgan fingerprint density at radius 2 is 1.80 bits per heavy atom. The Morgan fingerprint density at radius 1 is 1.15 bits per heavy atom. The van der Waals surface area contributed by atoms with Crippen LogP contribution in [0.25, 0.3) is 0 Å². The van der Waals surface area contributed by atoms with Crippen molar-refractivity contribution in [1.29, 1.82) is 0 Å². The lowest BCUT2D eigenvalue weighted by molar-refractivity contribution is -0.132. The van der Waals surface area contributed by atoms with E-state index in [1.165, 1.54) is 0 Å². The zero-order valence-electron chi connectivity index (χ0n) is 11.8. The molecule has 1 aliphatic rings. The van der Waals surface area contributed by atoms with Crippen LogP contribution >= 0.6 is 0 Å². The van der Waals surface area contributed by atoms with Crippen LogP contribution in [0.5, 0.6) is 0 Å². The molecule has 0 saturated carbocycles. The highest BCUT2D eigenvalue weighted by atomic mass is 16.2. The molecule has 2 rings (SSSR count). The van der Waals surface area contributed by atoms with Crippen LogP contribution < -0.4 is 5.73 Å². The van der Waals surface area contributed by atoms with E-state index < -0.39 is 0 Å². The fraction of sp³-hybridized carbons (Fsp3) is 0.500. The second-order valence-electron chi connectivity index (χ2n) is 5.28. The van der Waals surface area contributed by atoms with Crippen molar-refractivity contribution >= 4 is 11.7 Å². The Balaban J connectivity index is 1.85. The molecule has 1 aromatic rings. The van der Waals surface area contributed by atoms with Crippen molar-refractivity contribution in [3.63, 3.8) is 0 Å². The van der Waals surface area contributed by atoms with Crippen LogP contribution in [0.4, 0.5) is 0 Å². The summed E-state index contributed by atoms with van der Waals surface area (Å²) in [5, 5.41) is 0. The van der Waals surface area contributed by atoms with Gasteiger partial charge in [-0.15, -0.1) is 0 Å². The summed E-state index contributed by atoms with van der Waals surface area (Å²) >= 11 is 0. The third-order valence-electron chi connectivity index (χ3n) is 3.87. The highest BCUT2D eigenvalue weighted by Crippen LogP contribution is 2.22. The van der Waals surface area contributed by atoms with Crippen LogP contribution in [0, 0.1) is 5.92 Å². The van der Waals surface area contributed by atoms with Crippen molar-refractivity contribution in [2.24, 2.45) is 11.7 Å². The van der Waals surface area contributed by atoms with Gasteiger partial charge in [0.05, 0.1) is 0 Å². The van der Waals surface area contributed by atoms with Gasteiger partial charge < -0.3 is 10.6 Å². The Morgan fingerprint density at radius 3 is 2.40 bits per heavy atom. The van der Waals surface area contributed by atoms with Crippen molar-refractivity contribution in [3.8, 4) is 0 Å². The van der Waals surface area contributed by atoms with Gasteiger partial charge >= 0.3 is 0 Å². The van der Waals surface area contributed by atoms with Gasteiger partial charge in [0, 0.05) is 31.0 Å². The van der Waals surface area contributed by atoms with Gasteiger partial charge in [-0.3, -0.25) is 9.59 Å². The van der Waals surface area contributed by atoms with Crippen LogP contribution in [0.3, 0.4) is 0 Å². The number of ketones is 1. The molecule has 4 nitrogen and oxygen atoms in total. The lowest BCUT2D eigenvalue weighted by Gasteiger charge is -2.31. The molecule has 108 valence electrons. The summed E-state index contributed by atoms with van der Waals surface area (Å²) < 4.78 is 0. The van der Waals surface area contributed by atoms with Gasteiger partial charge in [0.15, 0.2) is 5.78 Å². The Kier molecular flexibility index (Phi) is 5.30. The lowest BCUT2D eigenvalue weighted by Crippen LogP contribution is -2.40. The summed E-state index contributed by atoms with van der Waals surface area (Å²) in [5.74, 6) is 0.427. The van der Waals surface area contributed by atoms with E-state index in [1.54, 1.807) is 0 Å². The second kappa shape index (κ2) is 7.20. The normalized spacial score (nSPS) is 16.1. The molecule has 20 heavy (non-hydrogen) atoms. The third-order valence-corrected chi connectivity index (χ3v) is 3.87. The standard InChI is InChI=1S/C16H22N2O2/c17-10-4-7-15(19)18-11-8-14(9-12-18)16(20)13-5-2-1-3-6-13/h1-3,5-6,14H,4,7-12,17H2. The van der Waals surface area contributed by atoms with Gasteiger partial charge in [0.25, 0.3) is 0 Å². The highest BCUT2D eigenvalue weighted by Gasteiger charge is 2.27. The minimum absolute atomic E-state index is 0.0518. The average Bonchev–Trinajstić information content (AvgIpc) is 2.53. The molecule has 1 fully saturated rings. The van der Waals surface area contributed by atoms with E-state index in [0.29, 0.717) is 26.1 Å².